The number of rotatable bonds is 7. The molecule has 5 rings (SSSR count). The van der Waals surface area contributed by atoms with Gasteiger partial charge in [0.1, 0.15) is 11.8 Å². The molecule has 2 bridgehead atoms. The summed E-state index contributed by atoms with van der Waals surface area (Å²) < 4.78 is 5.14. The van der Waals surface area contributed by atoms with Crippen LogP contribution in [0, 0.1) is 33.8 Å². The highest BCUT2D eigenvalue weighted by Crippen LogP contribution is 2.56. The van der Waals surface area contributed by atoms with E-state index in [0.29, 0.717) is 5.75 Å². The molecule has 0 unspecified atom stereocenters. The topological polar surface area (TPSA) is 127 Å². The lowest BCUT2D eigenvalue weighted by atomic mass is 9.81. The number of benzene rings is 2. The maximum Gasteiger partial charge on any atom is 0.273 e. The molecule has 0 spiro atoms. The largest absolute Gasteiger partial charge is 0.497 e. The van der Waals surface area contributed by atoms with Crippen LogP contribution in [0.4, 0.5) is 5.69 Å². The van der Waals surface area contributed by atoms with Crippen LogP contribution in [0.25, 0.3) is 0 Å². The highest BCUT2D eigenvalue weighted by atomic mass is 16.6. The molecule has 2 aromatic carbocycles. The fourth-order valence-electron chi connectivity index (χ4n) is 6.01. The van der Waals surface area contributed by atoms with Crippen molar-refractivity contribution >= 4 is 29.2 Å². The van der Waals surface area contributed by atoms with Crippen LogP contribution < -0.4 is 4.74 Å². The number of ketones is 1. The quantitative estimate of drug-likeness (QED) is 0.252. The molecule has 3 fully saturated rings. The van der Waals surface area contributed by atoms with Crippen LogP contribution >= 0.6 is 0 Å². The van der Waals surface area contributed by atoms with E-state index in [1.807, 2.05) is 0 Å². The zero-order chi connectivity index (χ0) is 25.7. The number of nitro groups is 1. The van der Waals surface area contributed by atoms with Crippen LogP contribution in [0.2, 0.25) is 0 Å². The van der Waals surface area contributed by atoms with E-state index in [4.69, 9.17) is 4.74 Å². The zero-order valence-corrected chi connectivity index (χ0v) is 19.8. The first-order valence-electron chi connectivity index (χ1n) is 11.9. The number of methoxy groups -OCH3 is 1. The van der Waals surface area contributed by atoms with Gasteiger partial charge < -0.3 is 4.74 Å². The summed E-state index contributed by atoms with van der Waals surface area (Å²) in [6, 6.07) is 9.98. The number of hydrogen-bond acceptors (Lipinski definition) is 7. The summed E-state index contributed by atoms with van der Waals surface area (Å²) in [6.45, 7) is 1.47. The summed E-state index contributed by atoms with van der Waals surface area (Å²) in [5.74, 6) is -2.34. The summed E-state index contributed by atoms with van der Waals surface area (Å²) >= 11 is 0. The molecule has 1 saturated heterocycles. The second-order valence-corrected chi connectivity index (χ2v) is 9.60. The van der Waals surface area contributed by atoms with E-state index in [1.54, 1.807) is 24.3 Å². The Balaban J connectivity index is 1.52. The smallest absolute Gasteiger partial charge is 0.273 e. The summed E-state index contributed by atoms with van der Waals surface area (Å²) in [6.07, 6.45) is 2.57. The van der Waals surface area contributed by atoms with Crippen LogP contribution in [0.1, 0.15) is 46.9 Å². The molecule has 3 aliphatic rings. The van der Waals surface area contributed by atoms with Gasteiger partial charge in [-0.3, -0.25) is 29.3 Å². The summed E-state index contributed by atoms with van der Waals surface area (Å²) in [7, 11) is 1.50. The Kier molecular flexibility index (Phi) is 5.82. The number of non-ortho nitro benzene ring substituents is 1. The lowest BCUT2D eigenvalue weighted by Crippen LogP contribution is -2.56. The number of carbonyl (C=O) groups is 4. The van der Waals surface area contributed by atoms with Crippen molar-refractivity contribution in [3.63, 3.8) is 0 Å². The third-order valence-electron chi connectivity index (χ3n) is 7.77. The monoisotopic (exact) mass is 491 g/mol. The van der Waals surface area contributed by atoms with Crippen molar-refractivity contribution in [2.75, 3.05) is 7.11 Å². The molecule has 0 aromatic heterocycles. The minimum atomic E-state index is -1.19. The number of ether oxygens (including phenoxy) is 1. The van der Waals surface area contributed by atoms with Crippen molar-refractivity contribution in [3.05, 3.63) is 69.8 Å². The van der Waals surface area contributed by atoms with Gasteiger partial charge in [-0.2, -0.15) is 5.01 Å². The van der Waals surface area contributed by atoms with Gasteiger partial charge in [-0.05, 0) is 74.4 Å². The van der Waals surface area contributed by atoms with E-state index in [0.717, 1.165) is 29.3 Å². The van der Waals surface area contributed by atoms with Crippen molar-refractivity contribution in [2.24, 2.45) is 23.7 Å². The molecule has 10 nitrogen and oxygen atoms in total. The van der Waals surface area contributed by atoms with Crippen LogP contribution in [0.15, 0.2) is 48.5 Å². The Hall–Kier alpha value is -4.08. The molecule has 0 radical (unpaired) electrons. The highest BCUT2D eigenvalue weighted by molar-refractivity contribution is 6.10. The zero-order valence-electron chi connectivity index (χ0n) is 19.8. The minimum Gasteiger partial charge on any atom is -0.497 e. The number of imide groups is 1. The second kappa shape index (κ2) is 8.85. The average molecular weight is 492 g/mol. The van der Waals surface area contributed by atoms with Gasteiger partial charge in [-0.25, -0.2) is 5.01 Å². The summed E-state index contributed by atoms with van der Waals surface area (Å²) in [5, 5.41) is 12.9. The molecule has 10 heteroatoms. The molecule has 0 N–H and O–H groups in total. The Bertz CT molecular complexity index is 1230. The third-order valence-corrected chi connectivity index (χ3v) is 7.77. The molecule has 1 aliphatic heterocycles. The predicted molar refractivity (Wildman–Crippen MR) is 126 cm³/mol. The van der Waals surface area contributed by atoms with Crippen LogP contribution in [0.3, 0.4) is 0 Å². The third kappa shape index (κ3) is 3.64. The lowest BCUT2D eigenvalue weighted by Gasteiger charge is -2.35. The van der Waals surface area contributed by atoms with E-state index in [1.165, 1.54) is 38.3 Å². The molecule has 2 aromatic rings. The van der Waals surface area contributed by atoms with Gasteiger partial charge in [0.15, 0.2) is 5.78 Å². The van der Waals surface area contributed by atoms with Gasteiger partial charge in [0, 0.05) is 23.3 Å². The molecule has 186 valence electrons. The summed E-state index contributed by atoms with van der Waals surface area (Å²) in [4.78, 5) is 64.7. The molecule has 5 atom stereocenters. The predicted octanol–water partition coefficient (Wildman–Crippen LogP) is 3.26. The SMILES string of the molecule is COc1ccc(C(=O)[C@H](C)N(C(=O)c2ccc([N+](=O)[O-])cc2)N2C(=O)[C@H]3[C@H]4CC[C@@H](C4)[C@@H]3C2=O)cc1. The van der Waals surface area contributed by atoms with Gasteiger partial charge in [0.25, 0.3) is 23.4 Å². The molecule has 1 heterocycles. The first-order chi connectivity index (χ1) is 17.2. The number of hydrazine groups is 1. The van der Waals surface area contributed by atoms with E-state index in [9.17, 15) is 29.3 Å². The lowest BCUT2D eigenvalue weighted by molar-refractivity contribution is -0.384. The molecular formula is C26H25N3O7. The number of nitro benzene ring substituents is 1. The van der Waals surface area contributed by atoms with Crippen LogP contribution in [0.5, 0.6) is 5.75 Å². The molecule has 2 aliphatic carbocycles. The maximum atomic E-state index is 13.7. The Labute approximate surface area is 206 Å². The fraction of sp³-hybridized carbons (Fsp3) is 0.385. The Morgan fingerprint density at radius 1 is 0.972 bits per heavy atom. The van der Waals surface area contributed by atoms with Gasteiger partial charge in [0.2, 0.25) is 0 Å². The van der Waals surface area contributed by atoms with Crippen molar-refractivity contribution in [1.29, 1.82) is 0 Å². The van der Waals surface area contributed by atoms with Gasteiger partial charge in [0.05, 0.1) is 23.9 Å². The standard InChI is InChI=1S/C26H25N3O7/c1-14(23(30)15-7-11-20(36-2)12-8-15)27(24(31)16-5-9-19(10-6-16)29(34)35)28-25(32)21-17-3-4-18(13-17)22(21)26(28)33/h5-12,14,17-18,21-22H,3-4,13H2,1-2H3/t14-,17-,18-,21-,22-/m0/s1. The number of Topliss-reactive ketones (excluding diaryl/α,β-unsaturated/α-hetero) is 1. The molecule has 2 saturated carbocycles. The maximum absolute atomic E-state index is 13.7. The minimum absolute atomic E-state index is 0.0237. The number of nitrogens with zero attached hydrogens (tertiary/aromatic N) is 3. The van der Waals surface area contributed by atoms with Crippen molar-refractivity contribution in [3.8, 4) is 5.75 Å². The average Bonchev–Trinajstić information content (AvgIpc) is 3.58. The van der Waals surface area contributed by atoms with Crippen molar-refractivity contribution < 1.29 is 28.8 Å². The van der Waals surface area contributed by atoms with Crippen LogP contribution in [-0.2, 0) is 9.59 Å². The van der Waals surface area contributed by atoms with E-state index in [-0.39, 0.29) is 28.7 Å². The van der Waals surface area contributed by atoms with Gasteiger partial charge >= 0.3 is 0 Å². The first-order valence-corrected chi connectivity index (χ1v) is 11.9. The van der Waals surface area contributed by atoms with Gasteiger partial charge in [-0.15, -0.1) is 0 Å². The van der Waals surface area contributed by atoms with Crippen molar-refractivity contribution in [2.45, 2.75) is 32.2 Å². The molecule has 36 heavy (non-hydrogen) atoms. The normalized spacial score (nSPS) is 25.0. The highest BCUT2D eigenvalue weighted by Gasteiger charge is 2.63. The summed E-state index contributed by atoms with van der Waals surface area (Å²) in [5.41, 5.74) is 0.0969. The Morgan fingerprint density at radius 3 is 2.00 bits per heavy atom. The number of amides is 3. The molecule has 3 amide bonds. The molecular weight excluding hydrogens is 466 g/mol. The van der Waals surface area contributed by atoms with E-state index >= 15 is 0 Å². The Morgan fingerprint density at radius 2 is 1.50 bits per heavy atom. The van der Waals surface area contributed by atoms with Crippen LogP contribution in [-0.4, -0.2) is 51.6 Å². The first kappa shape index (κ1) is 23.7. The van der Waals surface area contributed by atoms with Gasteiger partial charge in [-0.1, -0.05) is 0 Å². The van der Waals surface area contributed by atoms with E-state index in [2.05, 4.69) is 0 Å². The number of carbonyl (C=O) groups excluding carboxylic acids is 4. The number of hydrogen-bond donors (Lipinski definition) is 0. The second-order valence-electron chi connectivity index (χ2n) is 9.60. The van der Waals surface area contributed by atoms with E-state index < -0.39 is 46.3 Å². The van der Waals surface area contributed by atoms with Crippen molar-refractivity contribution in [1.82, 2.24) is 10.0 Å². The number of fused-ring (bicyclic) bond motifs is 5. The fourth-order valence-corrected chi connectivity index (χ4v) is 6.01.